The van der Waals surface area contributed by atoms with Crippen LogP contribution in [0.4, 0.5) is 5.69 Å². The number of anilines is 1. The normalized spacial score (nSPS) is 10.1. The van der Waals surface area contributed by atoms with E-state index in [4.69, 9.17) is 16.3 Å². The number of nitrogens with zero attached hydrogens (tertiary/aromatic N) is 2. The van der Waals surface area contributed by atoms with Crippen LogP contribution in [-0.4, -0.2) is 23.0 Å². The van der Waals surface area contributed by atoms with Crippen molar-refractivity contribution in [2.45, 2.75) is 6.92 Å². The van der Waals surface area contributed by atoms with Crippen LogP contribution in [0.2, 0.25) is 5.02 Å². The lowest BCUT2D eigenvalue weighted by molar-refractivity contribution is 0.102. The van der Waals surface area contributed by atoms with Crippen molar-refractivity contribution in [3.8, 4) is 5.75 Å². The van der Waals surface area contributed by atoms with Crippen molar-refractivity contribution in [1.29, 1.82) is 0 Å². The van der Waals surface area contributed by atoms with Gasteiger partial charge in [-0.05, 0) is 24.6 Å². The molecule has 0 fully saturated rings. The third-order valence-electron chi connectivity index (χ3n) is 2.54. The average molecular weight is 278 g/mol. The summed E-state index contributed by atoms with van der Waals surface area (Å²) in [6.45, 7) is 1.85. The maximum absolute atomic E-state index is 12.0. The number of amides is 1. The lowest BCUT2D eigenvalue weighted by atomic mass is 10.2. The second-order valence-corrected chi connectivity index (χ2v) is 4.26. The van der Waals surface area contributed by atoms with E-state index in [0.29, 0.717) is 16.5 Å². The number of hydrogen-bond acceptors (Lipinski definition) is 4. The summed E-state index contributed by atoms with van der Waals surface area (Å²) >= 11 is 6.00. The van der Waals surface area contributed by atoms with Crippen LogP contribution in [0.25, 0.3) is 0 Å². The zero-order valence-electron chi connectivity index (χ0n) is 10.5. The van der Waals surface area contributed by atoms with Crippen LogP contribution in [0.1, 0.15) is 16.1 Å². The first-order valence-corrected chi connectivity index (χ1v) is 5.91. The number of carbonyl (C=O) groups is 1. The molecule has 1 amide bonds. The minimum Gasteiger partial charge on any atom is -0.495 e. The zero-order chi connectivity index (χ0) is 13.8. The number of nitrogens with one attached hydrogen (secondary N) is 1. The number of halogens is 1. The topological polar surface area (TPSA) is 64.1 Å². The number of hydrogen-bond donors (Lipinski definition) is 1. The van der Waals surface area contributed by atoms with E-state index in [1.54, 1.807) is 12.1 Å². The molecular weight excluding hydrogens is 266 g/mol. The molecule has 0 radical (unpaired) electrons. The first-order chi connectivity index (χ1) is 9.11. The Kier molecular flexibility index (Phi) is 3.97. The van der Waals surface area contributed by atoms with Crippen LogP contribution in [-0.2, 0) is 0 Å². The smallest absolute Gasteiger partial charge is 0.274 e. The Hall–Kier alpha value is -2.14. The van der Waals surface area contributed by atoms with Gasteiger partial charge < -0.3 is 10.1 Å². The van der Waals surface area contributed by atoms with Crippen molar-refractivity contribution in [3.63, 3.8) is 0 Å². The van der Waals surface area contributed by atoms with E-state index in [1.165, 1.54) is 25.7 Å². The molecule has 1 aromatic heterocycles. The van der Waals surface area contributed by atoms with Gasteiger partial charge in [-0.3, -0.25) is 4.79 Å². The molecule has 2 rings (SSSR count). The van der Waals surface area contributed by atoms with Gasteiger partial charge in [0, 0.05) is 17.3 Å². The second-order valence-electron chi connectivity index (χ2n) is 3.85. The molecule has 2 aromatic rings. The Morgan fingerprint density at radius 3 is 2.84 bits per heavy atom. The SMILES string of the molecule is COc1cc(Cl)c(C)cc1NC(=O)c1ccncn1. The third-order valence-corrected chi connectivity index (χ3v) is 2.95. The molecule has 0 aliphatic carbocycles. The molecule has 5 nitrogen and oxygen atoms in total. The third kappa shape index (κ3) is 3.00. The monoisotopic (exact) mass is 277 g/mol. The quantitative estimate of drug-likeness (QED) is 0.937. The highest BCUT2D eigenvalue weighted by atomic mass is 35.5. The highest BCUT2D eigenvalue weighted by Gasteiger charge is 2.12. The fourth-order valence-corrected chi connectivity index (χ4v) is 1.69. The summed E-state index contributed by atoms with van der Waals surface area (Å²) < 4.78 is 5.19. The number of rotatable bonds is 3. The number of aryl methyl sites for hydroxylation is 1. The van der Waals surface area contributed by atoms with Crippen molar-refractivity contribution in [1.82, 2.24) is 9.97 Å². The second kappa shape index (κ2) is 5.67. The molecule has 0 saturated carbocycles. The van der Waals surface area contributed by atoms with E-state index in [0.717, 1.165) is 5.56 Å². The molecule has 1 aromatic carbocycles. The Labute approximate surface area is 115 Å². The summed E-state index contributed by atoms with van der Waals surface area (Å²) in [4.78, 5) is 19.6. The Bertz CT molecular complexity index is 602. The standard InChI is InChI=1S/C13H12ClN3O2/c1-8-5-11(12(19-2)6-9(8)14)17-13(18)10-3-4-15-7-16-10/h3-7H,1-2H3,(H,17,18). The van der Waals surface area contributed by atoms with Crippen molar-refractivity contribution < 1.29 is 9.53 Å². The zero-order valence-corrected chi connectivity index (χ0v) is 11.2. The van der Waals surface area contributed by atoms with Gasteiger partial charge >= 0.3 is 0 Å². The average Bonchev–Trinajstić information content (AvgIpc) is 2.43. The van der Waals surface area contributed by atoms with Gasteiger partial charge in [0.25, 0.3) is 5.91 Å². The summed E-state index contributed by atoms with van der Waals surface area (Å²) in [6, 6.07) is 4.94. The number of ether oxygens (including phenoxy) is 1. The van der Waals surface area contributed by atoms with Crippen LogP contribution in [0.3, 0.4) is 0 Å². The van der Waals surface area contributed by atoms with Gasteiger partial charge in [0.15, 0.2) is 0 Å². The Balaban J connectivity index is 2.28. The molecule has 0 saturated heterocycles. The molecule has 0 unspecified atom stereocenters. The van der Waals surface area contributed by atoms with E-state index in [-0.39, 0.29) is 11.6 Å². The number of carbonyl (C=O) groups excluding carboxylic acids is 1. The lowest BCUT2D eigenvalue weighted by Gasteiger charge is -2.11. The first kappa shape index (κ1) is 13.3. The van der Waals surface area contributed by atoms with Gasteiger partial charge in [0.1, 0.15) is 17.8 Å². The van der Waals surface area contributed by atoms with Crippen LogP contribution in [0.5, 0.6) is 5.75 Å². The Morgan fingerprint density at radius 1 is 1.42 bits per heavy atom. The number of benzene rings is 1. The van der Waals surface area contributed by atoms with E-state index in [2.05, 4.69) is 15.3 Å². The maximum Gasteiger partial charge on any atom is 0.274 e. The summed E-state index contributed by atoms with van der Waals surface area (Å²) in [5.41, 5.74) is 1.68. The van der Waals surface area contributed by atoms with Crippen molar-refractivity contribution >= 4 is 23.2 Å². The molecule has 19 heavy (non-hydrogen) atoms. The summed E-state index contributed by atoms with van der Waals surface area (Å²) in [5.74, 6) is 0.167. The van der Waals surface area contributed by atoms with Gasteiger partial charge in [0.05, 0.1) is 12.8 Å². The molecular formula is C13H12ClN3O2. The van der Waals surface area contributed by atoms with Crippen LogP contribution >= 0.6 is 11.6 Å². The predicted octanol–water partition coefficient (Wildman–Crippen LogP) is 2.70. The molecule has 0 aliphatic heterocycles. The first-order valence-electron chi connectivity index (χ1n) is 5.53. The molecule has 1 N–H and O–H groups in total. The number of methoxy groups -OCH3 is 1. The molecule has 0 atom stereocenters. The Morgan fingerprint density at radius 2 is 2.21 bits per heavy atom. The van der Waals surface area contributed by atoms with Crippen molar-refractivity contribution in [2.75, 3.05) is 12.4 Å². The highest BCUT2D eigenvalue weighted by molar-refractivity contribution is 6.31. The van der Waals surface area contributed by atoms with Gasteiger partial charge in [-0.1, -0.05) is 11.6 Å². The van der Waals surface area contributed by atoms with Gasteiger partial charge in [-0.25, -0.2) is 9.97 Å². The minimum absolute atomic E-state index is 0.282. The fourth-order valence-electron chi connectivity index (χ4n) is 1.54. The van der Waals surface area contributed by atoms with E-state index >= 15 is 0 Å². The summed E-state index contributed by atoms with van der Waals surface area (Å²) in [5, 5.41) is 3.31. The van der Waals surface area contributed by atoms with Crippen LogP contribution in [0.15, 0.2) is 30.7 Å². The molecule has 6 heteroatoms. The van der Waals surface area contributed by atoms with E-state index < -0.39 is 0 Å². The van der Waals surface area contributed by atoms with Crippen molar-refractivity contribution in [2.24, 2.45) is 0 Å². The highest BCUT2D eigenvalue weighted by Crippen LogP contribution is 2.31. The lowest BCUT2D eigenvalue weighted by Crippen LogP contribution is -2.14. The molecule has 98 valence electrons. The van der Waals surface area contributed by atoms with E-state index in [9.17, 15) is 4.79 Å². The summed E-state index contributed by atoms with van der Waals surface area (Å²) in [7, 11) is 1.52. The van der Waals surface area contributed by atoms with E-state index in [1.807, 2.05) is 6.92 Å². The fraction of sp³-hybridized carbons (Fsp3) is 0.154. The van der Waals surface area contributed by atoms with Gasteiger partial charge in [0.2, 0.25) is 0 Å². The van der Waals surface area contributed by atoms with Crippen LogP contribution < -0.4 is 10.1 Å². The molecule has 1 heterocycles. The maximum atomic E-state index is 12.0. The van der Waals surface area contributed by atoms with Crippen molar-refractivity contribution in [3.05, 3.63) is 47.0 Å². The largest absolute Gasteiger partial charge is 0.495 e. The van der Waals surface area contributed by atoms with Crippen LogP contribution in [0, 0.1) is 6.92 Å². The minimum atomic E-state index is -0.331. The molecule has 0 spiro atoms. The summed E-state index contributed by atoms with van der Waals surface area (Å²) in [6.07, 6.45) is 2.82. The van der Waals surface area contributed by atoms with Gasteiger partial charge in [-0.2, -0.15) is 0 Å². The van der Waals surface area contributed by atoms with Gasteiger partial charge in [-0.15, -0.1) is 0 Å². The number of aromatic nitrogens is 2. The predicted molar refractivity (Wildman–Crippen MR) is 72.7 cm³/mol. The molecule has 0 bridgehead atoms. The molecule has 0 aliphatic rings.